The Kier molecular flexibility index (Phi) is 5.84. The van der Waals surface area contributed by atoms with Gasteiger partial charge in [-0.1, -0.05) is 0 Å². The molecule has 7 nitrogen and oxygen atoms in total. The Morgan fingerprint density at radius 3 is 2.61 bits per heavy atom. The molecule has 0 fully saturated rings. The Morgan fingerprint density at radius 2 is 1.96 bits per heavy atom. The van der Waals surface area contributed by atoms with Crippen LogP contribution < -0.4 is 10.5 Å². The van der Waals surface area contributed by atoms with Crippen molar-refractivity contribution in [2.45, 2.75) is 12.1 Å². The second-order valence-corrected chi connectivity index (χ2v) is 7.49. The summed E-state index contributed by atoms with van der Waals surface area (Å²) < 4.78 is 10.8. The summed E-state index contributed by atoms with van der Waals surface area (Å²) >= 11 is -1.07. The van der Waals surface area contributed by atoms with Gasteiger partial charge < -0.3 is 0 Å². The summed E-state index contributed by atoms with van der Waals surface area (Å²) in [6.45, 7) is 2.01. The monoisotopic (exact) mass is 380 g/mol. The number of aryl methyl sites for hydroxylation is 1. The number of nitrogens with two attached hydrogens (primary N) is 1. The first-order valence-corrected chi connectivity index (χ1v) is 9.37. The summed E-state index contributed by atoms with van der Waals surface area (Å²) in [4.78, 5) is 22.6. The molecule has 0 aliphatic rings. The molecule has 2 amide bonds. The topological polar surface area (TPSA) is 106 Å². The number of benzene rings is 1. The van der Waals surface area contributed by atoms with E-state index >= 15 is 0 Å². The van der Waals surface area contributed by atoms with Gasteiger partial charge >= 0.3 is 139 Å². The Hall–Kier alpha value is -2.24. The first kappa shape index (κ1) is 17.1. The van der Waals surface area contributed by atoms with Gasteiger partial charge in [-0.05, 0) is 0 Å². The number of hydrogen-bond donors (Lipinski definition) is 2. The third-order valence-electron chi connectivity index (χ3n) is 2.91. The molecule has 1 aromatic heterocycles. The minimum atomic E-state index is -1.07. The normalized spacial score (nSPS) is 10.9. The number of nitrogens with zero attached hydrogens (tertiary/aromatic N) is 1. The minimum absolute atomic E-state index is 0.0362. The number of furan rings is 1. The summed E-state index contributed by atoms with van der Waals surface area (Å²) in [6, 6.07) is 9.66. The van der Waals surface area contributed by atoms with Crippen molar-refractivity contribution in [3.63, 3.8) is 0 Å². The number of hydrogen-bond acceptors (Lipinski definition) is 5. The second-order valence-electron chi connectivity index (χ2n) is 4.75. The average molecular weight is 380 g/mol. The van der Waals surface area contributed by atoms with Gasteiger partial charge in [-0.25, -0.2) is 0 Å². The molecule has 0 aliphatic heterocycles. The maximum atomic E-state index is 12.0. The van der Waals surface area contributed by atoms with E-state index in [9.17, 15) is 9.59 Å². The van der Waals surface area contributed by atoms with Crippen LogP contribution in [0.15, 0.2) is 40.8 Å². The summed E-state index contributed by atoms with van der Waals surface area (Å²) in [6.07, 6.45) is 0. The third-order valence-corrected chi connectivity index (χ3v) is 5.09. The molecule has 1 heterocycles. The van der Waals surface area contributed by atoms with Gasteiger partial charge in [-0.3, -0.25) is 0 Å². The van der Waals surface area contributed by atoms with Crippen molar-refractivity contribution in [1.82, 2.24) is 5.06 Å². The van der Waals surface area contributed by atoms with Gasteiger partial charge in [-0.2, -0.15) is 0 Å². The molecule has 0 radical (unpaired) electrons. The van der Waals surface area contributed by atoms with Crippen LogP contribution in [0.25, 0.3) is 0 Å². The van der Waals surface area contributed by atoms with Gasteiger partial charge in [0, 0.05) is 0 Å². The van der Waals surface area contributed by atoms with Crippen LogP contribution in [0.4, 0.5) is 4.79 Å². The predicted molar refractivity (Wildman–Crippen MR) is 84.3 cm³/mol. The standard InChI is InChI=1S/C15H17AsN2O5/c1-10-2-4-11(5-3-10)22-13-7-6-12(23-13)14(19)16-8-9-18(21)15(17)20/h2-7,16,21H,8-9H2,1H3,(H2,17,20). The van der Waals surface area contributed by atoms with Crippen LogP contribution in [0.3, 0.4) is 0 Å². The fourth-order valence-corrected chi connectivity index (χ4v) is 3.49. The number of primary amides is 1. The number of hydroxylamine groups is 2. The van der Waals surface area contributed by atoms with Crippen molar-refractivity contribution in [2.24, 2.45) is 5.73 Å². The molecule has 1 atom stereocenters. The molecule has 2 rings (SSSR count). The van der Waals surface area contributed by atoms with E-state index in [0.29, 0.717) is 16.0 Å². The molecular formula is C15H17AsN2O5. The number of amides is 2. The molecular weight excluding hydrogens is 363 g/mol. The van der Waals surface area contributed by atoms with E-state index in [1.54, 1.807) is 12.1 Å². The van der Waals surface area contributed by atoms with Gasteiger partial charge in [0.2, 0.25) is 0 Å². The Morgan fingerprint density at radius 1 is 1.26 bits per heavy atom. The molecule has 0 bridgehead atoms. The van der Waals surface area contributed by atoms with Crippen LogP contribution in [0.1, 0.15) is 16.1 Å². The van der Waals surface area contributed by atoms with E-state index in [1.165, 1.54) is 0 Å². The first-order chi connectivity index (χ1) is 11.0. The van der Waals surface area contributed by atoms with Crippen LogP contribution in [0.2, 0.25) is 5.21 Å². The maximum absolute atomic E-state index is 12.0. The molecule has 0 aliphatic carbocycles. The van der Waals surface area contributed by atoms with E-state index in [1.807, 2.05) is 31.2 Å². The third kappa shape index (κ3) is 5.16. The quantitative estimate of drug-likeness (QED) is 0.435. The van der Waals surface area contributed by atoms with Crippen molar-refractivity contribution in [1.29, 1.82) is 0 Å². The zero-order valence-electron chi connectivity index (χ0n) is 12.5. The van der Waals surface area contributed by atoms with Crippen LogP contribution >= 0.6 is 0 Å². The van der Waals surface area contributed by atoms with Crippen LogP contribution in [-0.2, 0) is 0 Å². The first-order valence-electron chi connectivity index (χ1n) is 6.84. The second kappa shape index (κ2) is 7.85. The number of rotatable bonds is 7. The van der Waals surface area contributed by atoms with Gasteiger partial charge in [0.15, 0.2) is 0 Å². The molecule has 0 spiro atoms. The molecule has 8 heteroatoms. The van der Waals surface area contributed by atoms with Crippen molar-refractivity contribution in [2.75, 3.05) is 6.54 Å². The molecule has 1 aromatic carbocycles. The molecule has 2 aromatic rings. The Bertz CT molecular complexity index is 683. The van der Waals surface area contributed by atoms with E-state index in [-0.39, 0.29) is 22.8 Å². The molecule has 0 saturated carbocycles. The van der Waals surface area contributed by atoms with Crippen LogP contribution in [0, 0.1) is 6.92 Å². The van der Waals surface area contributed by atoms with Gasteiger partial charge in [0.25, 0.3) is 0 Å². The Labute approximate surface area is 139 Å². The van der Waals surface area contributed by atoms with Crippen molar-refractivity contribution < 1.29 is 24.0 Å². The summed E-state index contributed by atoms with van der Waals surface area (Å²) in [5.41, 5.74) is 6.00. The molecule has 23 heavy (non-hydrogen) atoms. The fourth-order valence-electron chi connectivity index (χ4n) is 1.69. The SMILES string of the molecule is Cc1ccc(Oc2ccc(C(=O)[AsH]CCN(O)C(N)=O)o2)cc1. The average Bonchev–Trinajstić information content (AvgIpc) is 2.98. The Balaban J connectivity index is 1.87. The van der Waals surface area contributed by atoms with Gasteiger partial charge in [0.05, 0.1) is 0 Å². The predicted octanol–water partition coefficient (Wildman–Crippen LogP) is 2.15. The van der Waals surface area contributed by atoms with E-state index in [0.717, 1.165) is 5.56 Å². The van der Waals surface area contributed by atoms with Crippen molar-refractivity contribution in [3.05, 3.63) is 47.7 Å². The van der Waals surface area contributed by atoms with Crippen LogP contribution in [-0.4, -0.2) is 43.2 Å². The van der Waals surface area contributed by atoms with Crippen molar-refractivity contribution in [3.8, 4) is 11.7 Å². The zero-order chi connectivity index (χ0) is 16.8. The summed E-state index contributed by atoms with van der Waals surface area (Å²) in [5.74, 6) is 1.08. The van der Waals surface area contributed by atoms with Crippen LogP contribution in [0.5, 0.6) is 11.7 Å². The zero-order valence-corrected chi connectivity index (χ0v) is 14.6. The van der Waals surface area contributed by atoms with Gasteiger partial charge in [0.1, 0.15) is 0 Å². The number of carbonyl (C=O) groups excluding carboxylic acids is 2. The summed E-state index contributed by atoms with van der Waals surface area (Å²) in [7, 11) is 0. The molecule has 0 saturated heterocycles. The number of urea groups is 1. The van der Waals surface area contributed by atoms with E-state index < -0.39 is 21.8 Å². The van der Waals surface area contributed by atoms with E-state index in [2.05, 4.69) is 0 Å². The molecule has 3 N–H and O–H groups in total. The molecule has 1 unspecified atom stereocenters. The van der Waals surface area contributed by atoms with Gasteiger partial charge in [-0.15, -0.1) is 0 Å². The number of carbonyl (C=O) groups is 2. The fraction of sp³-hybridized carbons (Fsp3) is 0.200. The molecule has 122 valence electrons. The number of ether oxygens (including phenoxy) is 1. The van der Waals surface area contributed by atoms with E-state index in [4.69, 9.17) is 20.1 Å². The van der Waals surface area contributed by atoms with Crippen molar-refractivity contribution >= 4 is 26.4 Å². The summed E-state index contributed by atoms with van der Waals surface area (Å²) in [5, 5.41) is 9.91.